The summed E-state index contributed by atoms with van der Waals surface area (Å²) in [6.07, 6.45) is 3.16. The molecule has 0 aliphatic rings. The van der Waals surface area contributed by atoms with Gasteiger partial charge in [-0.2, -0.15) is 0 Å². The first kappa shape index (κ1) is 15.4. The zero-order valence-corrected chi connectivity index (χ0v) is 13.5. The monoisotopic (exact) mass is 332 g/mol. The number of rotatable bonds is 6. The maximum absolute atomic E-state index is 12.1. The first-order valence-electron chi connectivity index (χ1n) is 7.05. The maximum atomic E-state index is 12.1. The van der Waals surface area contributed by atoms with E-state index in [1.54, 1.807) is 29.2 Å². The summed E-state index contributed by atoms with van der Waals surface area (Å²) in [7, 11) is 1.84. The molecule has 0 spiro atoms. The van der Waals surface area contributed by atoms with Gasteiger partial charge in [0, 0.05) is 7.05 Å². The van der Waals surface area contributed by atoms with E-state index in [1.807, 2.05) is 26.1 Å². The molecule has 1 atom stereocenters. The highest BCUT2D eigenvalue weighted by molar-refractivity contribution is 8.00. The third kappa shape index (κ3) is 3.48. The molecule has 3 aromatic rings. The van der Waals surface area contributed by atoms with E-state index in [4.69, 9.17) is 8.83 Å². The molecule has 3 heterocycles. The van der Waals surface area contributed by atoms with Gasteiger partial charge in [0.2, 0.25) is 5.91 Å². The summed E-state index contributed by atoms with van der Waals surface area (Å²) in [5, 5.41) is 11.4. The lowest BCUT2D eigenvalue weighted by Gasteiger charge is -2.10. The fourth-order valence-electron chi connectivity index (χ4n) is 1.98. The van der Waals surface area contributed by atoms with Gasteiger partial charge in [0.25, 0.3) is 0 Å². The van der Waals surface area contributed by atoms with Gasteiger partial charge in [-0.25, -0.2) is 0 Å². The lowest BCUT2D eigenvalue weighted by molar-refractivity contribution is -0.120. The van der Waals surface area contributed by atoms with Crippen LogP contribution in [0.2, 0.25) is 0 Å². The largest absolute Gasteiger partial charge is 0.467 e. The van der Waals surface area contributed by atoms with Crippen LogP contribution < -0.4 is 5.32 Å². The number of hydrogen-bond donors (Lipinski definition) is 1. The van der Waals surface area contributed by atoms with Crippen LogP contribution in [0.4, 0.5) is 0 Å². The van der Waals surface area contributed by atoms with Gasteiger partial charge >= 0.3 is 0 Å². The Morgan fingerprint density at radius 2 is 2.09 bits per heavy atom. The topological polar surface area (TPSA) is 86.1 Å². The number of amides is 1. The van der Waals surface area contributed by atoms with Crippen LogP contribution in [-0.4, -0.2) is 25.9 Å². The SMILES string of the molecule is CC(Sc1nnc(-c2ccco2)n1C)C(=O)NCc1ccco1. The third-order valence-electron chi connectivity index (χ3n) is 3.24. The van der Waals surface area contributed by atoms with Crippen molar-refractivity contribution in [3.8, 4) is 11.6 Å². The predicted octanol–water partition coefficient (Wildman–Crippen LogP) is 2.47. The lowest BCUT2D eigenvalue weighted by Crippen LogP contribution is -2.30. The Morgan fingerprint density at radius 1 is 1.30 bits per heavy atom. The number of thioether (sulfide) groups is 1. The van der Waals surface area contributed by atoms with Crippen molar-refractivity contribution in [1.29, 1.82) is 0 Å². The Kier molecular flexibility index (Phi) is 4.52. The van der Waals surface area contributed by atoms with E-state index in [2.05, 4.69) is 15.5 Å². The molecule has 0 fully saturated rings. The van der Waals surface area contributed by atoms with Crippen LogP contribution in [0.1, 0.15) is 12.7 Å². The molecular weight excluding hydrogens is 316 g/mol. The van der Waals surface area contributed by atoms with Crippen LogP contribution in [0.15, 0.2) is 50.8 Å². The van der Waals surface area contributed by atoms with Gasteiger partial charge in [0.1, 0.15) is 5.76 Å². The number of carbonyl (C=O) groups is 1. The minimum Gasteiger partial charge on any atom is -0.467 e. The van der Waals surface area contributed by atoms with Crippen molar-refractivity contribution in [2.45, 2.75) is 23.9 Å². The van der Waals surface area contributed by atoms with Gasteiger partial charge in [-0.15, -0.1) is 10.2 Å². The molecule has 0 bridgehead atoms. The Morgan fingerprint density at radius 3 is 2.78 bits per heavy atom. The van der Waals surface area contributed by atoms with Crippen LogP contribution in [-0.2, 0) is 18.4 Å². The van der Waals surface area contributed by atoms with Gasteiger partial charge in [-0.05, 0) is 31.2 Å². The minimum absolute atomic E-state index is 0.0889. The molecule has 0 aliphatic carbocycles. The highest BCUT2D eigenvalue weighted by Gasteiger charge is 2.20. The highest BCUT2D eigenvalue weighted by atomic mass is 32.2. The van der Waals surface area contributed by atoms with E-state index in [0.717, 1.165) is 0 Å². The molecule has 0 radical (unpaired) electrons. The summed E-state index contributed by atoms with van der Waals surface area (Å²) >= 11 is 1.34. The molecule has 120 valence electrons. The predicted molar refractivity (Wildman–Crippen MR) is 84.6 cm³/mol. The van der Waals surface area contributed by atoms with Gasteiger partial charge in [-0.3, -0.25) is 4.79 Å². The molecule has 0 aromatic carbocycles. The average Bonchev–Trinajstić information content (AvgIpc) is 3.27. The second kappa shape index (κ2) is 6.74. The smallest absolute Gasteiger partial charge is 0.233 e. The summed E-state index contributed by atoms with van der Waals surface area (Å²) < 4.78 is 12.3. The molecular formula is C15H16N4O3S. The molecule has 8 heteroatoms. The van der Waals surface area contributed by atoms with E-state index in [-0.39, 0.29) is 11.2 Å². The number of aromatic nitrogens is 3. The van der Waals surface area contributed by atoms with Gasteiger partial charge in [0.05, 0.1) is 24.3 Å². The van der Waals surface area contributed by atoms with Gasteiger partial charge in [-0.1, -0.05) is 11.8 Å². The highest BCUT2D eigenvalue weighted by Crippen LogP contribution is 2.25. The molecule has 3 rings (SSSR count). The molecule has 3 aromatic heterocycles. The zero-order valence-electron chi connectivity index (χ0n) is 12.7. The van der Waals surface area contributed by atoms with Crippen molar-refractivity contribution in [1.82, 2.24) is 20.1 Å². The Bertz CT molecular complexity index is 765. The fraction of sp³-hybridized carbons (Fsp3) is 0.267. The summed E-state index contributed by atoms with van der Waals surface area (Å²) in [6.45, 7) is 2.19. The first-order valence-corrected chi connectivity index (χ1v) is 7.93. The Labute approximate surface area is 137 Å². The zero-order chi connectivity index (χ0) is 16.2. The van der Waals surface area contributed by atoms with Crippen molar-refractivity contribution < 1.29 is 13.6 Å². The number of carbonyl (C=O) groups excluding carboxylic acids is 1. The fourth-order valence-corrected chi connectivity index (χ4v) is 2.82. The molecule has 23 heavy (non-hydrogen) atoms. The molecule has 7 nitrogen and oxygen atoms in total. The second-order valence-electron chi connectivity index (χ2n) is 4.90. The third-order valence-corrected chi connectivity index (χ3v) is 4.38. The van der Waals surface area contributed by atoms with Crippen LogP contribution in [0, 0.1) is 0 Å². The van der Waals surface area contributed by atoms with E-state index in [9.17, 15) is 4.79 Å². The number of furan rings is 2. The minimum atomic E-state index is -0.308. The first-order chi connectivity index (χ1) is 11.1. The number of nitrogens with zero attached hydrogens (tertiary/aromatic N) is 3. The molecule has 0 saturated carbocycles. The Hall–Kier alpha value is -2.48. The van der Waals surface area contributed by atoms with E-state index >= 15 is 0 Å². The van der Waals surface area contributed by atoms with E-state index < -0.39 is 0 Å². The maximum Gasteiger partial charge on any atom is 0.233 e. The van der Waals surface area contributed by atoms with Gasteiger partial charge in [0.15, 0.2) is 16.7 Å². The van der Waals surface area contributed by atoms with Crippen molar-refractivity contribution in [2.75, 3.05) is 0 Å². The van der Waals surface area contributed by atoms with Crippen LogP contribution in [0.25, 0.3) is 11.6 Å². The van der Waals surface area contributed by atoms with Crippen LogP contribution in [0.5, 0.6) is 0 Å². The quantitative estimate of drug-likeness (QED) is 0.698. The summed E-state index contributed by atoms with van der Waals surface area (Å²) in [4.78, 5) is 12.1. The van der Waals surface area contributed by atoms with Crippen molar-refractivity contribution >= 4 is 17.7 Å². The molecule has 1 N–H and O–H groups in total. The summed E-state index contributed by atoms with van der Waals surface area (Å²) in [6, 6.07) is 7.21. The van der Waals surface area contributed by atoms with Crippen LogP contribution >= 0.6 is 11.8 Å². The number of nitrogens with one attached hydrogen (secondary N) is 1. The van der Waals surface area contributed by atoms with E-state index in [1.165, 1.54) is 11.8 Å². The second-order valence-corrected chi connectivity index (χ2v) is 6.21. The number of hydrogen-bond acceptors (Lipinski definition) is 6. The van der Waals surface area contributed by atoms with Crippen molar-refractivity contribution in [3.05, 3.63) is 42.6 Å². The standard InChI is InChI=1S/C15H16N4O3S/c1-10(14(20)16-9-11-5-3-7-21-11)23-15-18-17-13(19(15)2)12-6-4-8-22-12/h3-8,10H,9H2,1-2H3,(H,16,20). The van der Waals surface area contributed by atoms with Crippen molar-refractivity contribution in [3.63, 3.8) is 0 Å². The molecule has 0 saturated heterocycles. The lowest BCUT2D eigenvalue weighted by atomic mass is 10.4. The normalized spacial score (nSPS) is 12.3. The molecule has 1 amide bonds. The average molecular weight is 332 g/mol. The summed E-state index contributed by atoms with van der Waals surface area (Å²) in [5.74, 6) is 1.89. The van der Waals surface area contributed by atoms with E-state index in [0.29, 0.717) is 29.0 Å². The van der Waals surface area contributed by atoms with Gasteiger partial charge < -0.3 is 18.7 Å². The summed E-state index contributed by atoms with van der Waals surface area (Å²) in [5.41, 5.74) is 0. The van der Waals surface area contributed by atoms with Crippen molar-refractivity contribution in [2.24, 2.45) is 7.05 Å². The molecule has 0 aliphatic heterocycles. The molecule has 1 unspecified atom stereocenters. The Balaban J connectivity index is 1.61. The van der Waals surface area contributed by atoms with Crippen LogP contribution in [0.3, 0.4) is 0 Å².